The van der Waals surface area contributed by atoms with Crippen molar-refractivity contribution in [2.45, 2.75) is 20.4 Å². The summed E-state index contributed by atoms with van der Waals surface area (Å²) >= 11 is 1.58. The summed E-state index contributed by atoms with van der Waals surface area (Å²) in [7, 11) is 1.64. The molecule has 29 heavy (non-hydrogen) atoms. The van der Waals surface area contributed by atoms with E-state index in [0.717, 1.165) is 33.5 Å². The predicted molar refractivity (Wildman–Crippen MR) is 112 cm³/mol. The van der Waals surface area contributed by atoms with Crippen molar-refractivity contribution in [1.82, 2.24) is 24.7 Å². The number of thiazole rings is 1. The number of nitrogens with zero attached hydrogens (tertiary/aromatic N) is 5. The van der Waals surface area contributed by atoms with Crippen LogP contribution in [0.2, 0.25) is 0 Å². The molecular weight excluding hydrogens is 386 g/mol. The molecule has 0 fully saturated rings. The number of rotatable bonds is 7. The Balaban J connectivity index is 1.60. The molecule has 4 aromatic rings. The van der Waals surface area contributed by atoms with Crippen LogP contribution in [0.15, 0.2) is 48.0 Å². The maximum Gasteiger partial charge on any atom is 0.177 e. The number of methoxy groups -OCH3 is 1. The van der Waals surface area contributed by atoms with E-state index >= 15 is 0 Å². The molecule has 0 unspecified atom stereocenters. The monoisotopic (exact) mass is 407 g/mol. The van der Waals surface area contributed by atoms with Crippen LogP contribution in [-0.2, 0) is 6.54 Å². The van der Waals surface area contributed by atoms with E-state index in [-0.39, 0.29) is 0 Å². The quantitative estimate of drug-likeness (QED) is 0.456. The molecule has 7 nitrogen and oxygen atoms in total. The molecule has 0 radical (unpaired) electrons. The minimum absolute atomic E-state index is 0.525. The predicted octanol–water partition coefficient (Wildman–Crippen LogP) is 4.23. The number of hydrogen-bond acceptors (Lipinski definition) is 7. The average molecular weight is 407 g/mol. The smallest absolute Gasteiger partial charge is 0.177 e. The summed E-state index contributed by atoms with van der Waals surface area (Å²) in [5.41, 5.74) is 2.70. The molecule has 8 heteroatoms. The van der Waals surface area contributed by atoms with Gasteiger partial charge >= 0.3 is 0 Å². The van der Waals surface area contributed by atoms with Crippen LogP contribution in [-0.4, -0.2) is 38.4 Å². The van der Waals surface area contributed by atoms with Gasteiger partial charge in [-0.2, -0.15) is 5.10 Å². The average Bonchev–Trinajstić information content (AvgIpc) is 3.36. The Morgan fingerprint density at radius 3 is 2.76 bits per heavy atom. The van der Waals surface area contributed by atoms with Crippen LogP contribution in [0.25, 0.3) is 22.1 Å². The van der Waals surface area contributed by atoms with Gasteiger partial charge in [0.2, 0.25) is 0 Å². The van der Waals surface area contributed by atoms with Crippen molar-refractivity contribution in [2.75, 3.05) is 13.7 Å². The lowest BCUT2D eigenvalue weighted by Crippen LogP contribution is -2.05. The lowest BCUT2D eigenvalue weighted by molar-refractivity contribution is 0.311. The fraction of sp³-hybridized carbons (Fsp3) is 0.238. The van der Waals surface area contributed by atoms with E-state index in [4.69, 9.17) is 14.5 Å². The van der Waals surface area contributed by atoms with Crippen molar-refractivity contribution in [1.29, 1.82) is 0 Å². The van der Waals surface area contributed by atoms with Gasteiger partial charge in [0.1, 0.15) is 16.5 Å². The summed E-state index contributed by atoms with van der Waals surface area (Å²) in [6.45, 7) is 4.94. The molecule has 0 saturated carbocycles. The second-order valence-electron chi connectivity index (χ2n) is 6.30. The molecule has 4 rings (SSSR count). The molecule has 1 aromatic carbocycles. The summed E-state index contributed by atoms with van der Waals surface area (Å²) in [6, 6.07) is 11.6. The molecule has 0 atom stereocenters. The summed E-state index contributed by atoms with van der Waals surface area (Å²) in [5.74, 6) is 2.87. The summed E-state index contributed by atoms with van der Waals surface area (Å²) in [4.78, 5) is 13.7. The van der Waals surface area contributed by atoms with Crippen LogP contribution in [0.4, 0.5) is 0 Å². The molecule has 0 aliphatic rings. The van der Waals surface area contributed by atoms with Gasteiger partial charge in [0.05, 0.1) is 26.0 Å². The topological polar surface area (TPSA) is 75.0 Å². The zero-order valence-corrected chi connectivity index (χ0v) is 17.3. The third kappa shape index (κ3) is 4.12. The van der Waals surface area contributed by atoms with Crippen LogP contribution >= 0.6 is 11.3 Å². The Labute approximate surface area is 173 Å². The highest BCUT2D eigenvalue weighted by Crippen LogP contribution is 2.34. The maximum atomic E-state index is 5.59. The summed E-state index contributed by atoms with van der Waals surface area (Å²) in [5, 5.41) is 7.47. The van der Waals surface area contributed by atoms with Crippen molar-refractivity contribution < 1.29 is 9.47 Å². The first-order valence-corrected chi connectivity index (χ1v) is 10.1. The van der Waals surface area contributed by atoms with E-state index in [9.17, 15) is 0 Å². The fourth-order valence-electron chi connectivity index (χ4n) is 2.99. The number of hydrogen-bond donors (Lipinski definition) is 0. The van der Waals surface area contributed by atoms with Gasteiger partial charge in [0.25, 0.3) is 0 Å². The molecule has 0 amide bonds. The van der Waals surface area contributed by atoms with E-state index in [2.05, 4.69) is 15.1 Å². The van der Waals surface area contributed by atoms with Gasteiger partial charge in [-0.1, -0.05) is 6.07 Å². The zero-order valence-electron chi connectivity index (χ0n) is 16.5. The normalized spacial score (nSPS) is 10.9. The van der Waals surface area contributed by atoms with Crippen LogP contribution in [0.1, 0.15) is 18.4 Å². The third-order valence-corrected chi connectivity index (χ3v) is 5.19. The number of aromatic nitrogens is 5. The Morgan fingerprint density at radius 1 is 1.10 bits per heavy atom. The minimum Gasteiger partial charge on any atom is -0.493 e. The first-order valence-electron chi connectivity index (χ1n) is 9.26. The van der Waals surface area contributed by atoms with Gasteiger partial charge in [0.15, 0.2) is 17.3 Å². The Kier molecular flexibility index (Phi) is 5.53. The van der Waals surface area contributed by atoms with Crippen molar-refractivity contribution in [2.24, 2.45) is 0 Å². The van der Waals surface area contributed by atoms with Crippen LogP contribution < -0.4 is 9.47 Å². The second-order valence-corrected chi connectivity index (χ2v) is 7.16. The Morgan fingerprint density at radius 2 is 2.00 bits per heavy atom. The SMILES string of the molecule is CCOc1ccc(-c2nc(Cn3nc(C)nc3-c3ccccn3)cs2)cc1OC. The molecule has 3 heterocycles. The number of pyridine rings is 1. The number of aryl methyl sites for hydroxylation is 1. The van der Waals surface area contributed by atoms with E-state index in [1.807, 2.05) is 60.3 Å². The standard InChI is InChI=1S/C21H21N5O2S/c1-4-28-18-9-8-15(11-19(18)27-3)21-24-16(13-29-21)12-26-20(23-14(2)25-26)17-7-5-6-10-22-17/h5-11,13H,4,12H2,1-3H3. The lowest BCUT2D eigenvalue weighted by atomic mass is 10.2. The highest BCUT2D eigenvalue weighted by Gasteiger charge is 2.14. The summed E-state index contributed by atoms with van der Waals surface area (Å²) < 4.78 is 12.9. The molecular formula is C21H21N5O2S. The van der Waals surface area contributed by atoms with E-state index in [0.29, 0.717) is 24.7 Å². The van der Waals surface area contributed by atoms with E-state index in [1.54, 1.807) is 24.6 Å². The number of benzene rings is 1. The van der Waals surface area contributed by atoms with E-state index in [1.165, 1.54) is 0 Å². The maximum absolute atomic E-state index is 5.59. The first kappa shape index (κ1) is 19.1. The van der Waals surface area contributed by atoms with Gasteiger partial charge in [-0.3, -0.25) is 4.98 Å². The van der Waals surface area contributed by atoms with Gasteiger partial charge in [0, 0.05) is 17.1 Å². The fourth-order valence-corrected chi connectivity index (χ4v) is 3.80. The van der Waals surface area contributed by atoms with Crippen LogP contribution in [0.5, 0.6) is 11.5 Å². The summed E-state index contributed by atoms with van der Waals surface area (Å²) in [6.07, 6.45) is 1.75. The van der Waals surface area contributed by atoms with Gasteiger partial charge in [-0.25, -0.2) is 14.6 Å². The lowest BCUT2D eigenvalue weighted by Gasteiger charge is -2.10. The molecule has 3 aromatic heterocycles. The van der Waals surface area contributed by atoms with E-state index < -0.39 is 0 Å². The molecule has 0 N–H and O–H groups in total. The van der Waals surface area contributed by atoms with Gasteiger partial charge in [-0.15, -0.1) is 11.3 Å². The van der Waals surface area contributed by atoms with Crippen molar-refractivity contribution in [3.05, 3.63) is 59.5 Å². The number of ether oxygens (including phenoxy) is 2. The van der Waals surface area contributed by atoms with Crippen molar-refractivity contribution in [3.8, 4) is 33.6 Å². The zero-order chi connectivity index (χ0) is 20.2. The molecule has 0 saturated heterocycles. The van der Waals surface area contributed by atoms with Gasteiger partial charge in [-0.05, 0) is 44.2 Å². The minimum atomic E-state index is 0.525. The van der Waals surface area contributed by atoms with Crippen LogP contribution in [0, 0.1) is 6.92 Å². The van der Waals surface area contributed by atoms with Crippen molar-refractivity contribution in [3.63, 3.8) is 0 Å². The Hall–Kier alpha value is -3.26. The first-order chi connectivity index (χ1) is 14.2. The molecule has 0 spiro atoms. The molecule has 0 aliphatic heterocycles. The highest BCUT2D eigenvalue weighted by molar-refractivity contribution is 7.13. The molecule has 0 aliphatic carbocycles. The van der Waals surface area contributed by atoms with Crippen LogP contribution in [0.3, 0.4) is 0 Å². The van der Waals surface area contributed by atoms with Gasteiger partial charge < -0.3 is 9.47 Å². The second kappa shape index (κ2) is 8.40. The highest BCUT2D eigenvalue weighted by atomic mass is 32.1. The largest absolute Gasteiger partial charge is 0.493 e. The Bertz CT molecular complexity index is 1110. The van der Waals surface area contributed by atoms with Crippen molar-refractivity contribution >= 4 is 11.3 Å². The molecule has 148 valence electrons. The third-order valence-electron chi connectivity index (χ3n) is 4.25. The molecule has 0 bridgehead atoms.